The molecule has 3 nitrogen and oxygen atoms in total. The van der Waals surface area contributed by atoms with Crippen LogP contribution in [0.2, 0.25) is 0 Å². The molecule has 1 aromatic carbocycles. The number of benzene rings is 1. The molecule has 6 heteroatoms. The van der Waals surface area contributed by atoms with Crippen molar-refractivity contribution in [1.82, 2.24) is 0 Å². The second kappa shape index (κ2) is 7.93. The molecule has 1 aliphatic carbocycles. The lowest BCUT2D eigenvalue weighted by Gasteiger charge is -2.28. The maximum absolute atomic E-state index is 13.8. The van der Waals surface area contributed by atoms with E-state index in [0.29, 0.717) is 17.9 Å². The molecule has 0 saturated heterocycles. The van der Waals surface area contributed by atoms with Gasteiger partial charge in [0.05, 0.1) is 0 Å². The second-order valence-electron chi connectivity index (χ2n) is 6.21. The van der Waals surface area contributed by atoms with Gasteiger partial charge < -0.3 is 14.7 Å². The van der Waals surface area contributed by atoms with Crippen molar-refractivity contribution in [2.24, 2.45) is 11.8 Å². The fourth-order valence-electron chi connectivity index (χ4n) is 3.41. The normalized spacial score (nSPS) is 21.7. The van der Waals surface area contributed by atoms with E-state index in [0.717, 1.165) is 18.8 Å². The van der Waals surface area contributed by atoms with Crippen molar-refractivity contribution >= 4 is 7.32 Å². The molecule has 0 aromatic heterocycles. The first-order valence-corrected chi connectivity index (χ1v) is 8.00. The van der Waals surface area contributed by atoms with Gasteiger partial charge in [0.1, 0.15) is 0 Å². The molecule has 122 valence electrons. The average Bonchev–Trinajstić information content (AvgIpc) is 2.45. The Balaban J connectivity index is 1.96. The van der Waals surface area contributed by atoms with Crippen molar-refractivity contribution < 1.29 is 23.5 Å². The Kier molecular flexibility index (Phi) is 6.21. The Bertz CT molecular complexity index is 465. The highest BCUT2D eigenvalue weighted by molar-refractivity contribution is 6.33. The summed E-state index contributed by atoms with van der Waals surface area (Å²) in [7, 11) is -2.23. The summed E-state index contributed by atoms with van der Waals surface area (Å²) < 4.78 is 31.9. The van der Waals surface area contributed by atoms with E-state index < -0.39 is 24.7 Å². The van der Waals surface area contributed by atoms with E-state index in [1.165, 1.54) is 37.8 Å². The molecule has 0 heterocycles. The first kappa shape index (κ1) is 17.2. The van der Waals surface area contributed by atoms with Gasteiger partial charge in [0.2, 0.25) is 0 Å². The van der Waals surface area contributed by atoms with Crippen LogP contribution in [0.15, 0.2) is 12.1 Å². The first-order valence-electron chi connectivity index (χ1n) is 8.00. The average molecular weight is 312 g/mol. The summed E-state index contributed by atoms with van der Waals surface area (Å²) in [5.41, 5.74) is 0.591. The van der Waals surface area contributed by atoms with Crippen LogP contribution in [0.25, 0.3) is 0 Å². The molecule has 0 atom stereocenters. The van der Waals surface area contributed by atoms with E-state index in [2.05, 4.69) is 11.6 Å². The van der Waals surface area contributed by atoms with Crippen molar-refractivity contribution in [1.29, 1.82) is 0 Å². The summed E-state index contributed by atoms with van der Waals surface area (Å²) in [5, 5.41) is 17.3. The maximum atomic E-state index is 13.8. The van der Waals surface area contributed by atoms with Crippen molar-refractivity contribution in [3.05, 3.63) is 29.3 Å². The molecule has 0 bridgehead atoms. The Morgan fingerprint density at radius 3 is 2.14 bits per heavy atom. The third-order valence-corrected chi connectivity index (χ3v) is 4.47. The van der Waals surface area contributed by atoms with Gasteiger partial charge in [-0.25, -0.2) is 8.78 Å². The minimum atomic E-state index is -2.23. The molecule has 0 spiro atoms. The lowest BCUT2D eigenvalue weighted by atomic mass is 9.78. The van der Waals surface area contributed by atoms with Crippen LogP contribution in [0.3, 0.4) is 0 Å². The van der Waals surface area contributed by atoms with E-state index >= 15 is 0 Å². The van der Waals surface area contributed by atoms with E-state index in [4.69, 9.17) is 10.0 Å². The van der Waals surface area contributed by atoms with Gasteiger partial charge in [-0.2, -0.15) is 0 Å². The van der Waals surface area contributed by atoms with Gasteiger partial charge in [-0.05, 0) is 48.8 Å². The number of halogens is 2. The van der Waals surface area contributed by atoms with Crippen molar-refractivity contribution in [2.75, 3.05) is 0 Å². The van der Waals surface area contributed by atoms with Crippen LogP contribution < -0.4 is 4.65 Å². The number of hydrogen-bond acceptors (Lipinski definition) is 3. The maximum Gasteiger partial charge on any atom is 0.707 e. The highest BCUT2D eigenvalue weighted by atomic mass is 19.1. The van der Waals surface area contributed by atoms with Gasteiger partial charge in [0, 0.05) is 0 Å². The van der Waals surface area contributed by atoms with E-state index in [1.807, 2.05) is 0 Å². The molecular weight excluding hydrogens is 289 g/mol. The zero-order valence-electron chi connectivity index (χ0n) is 12.9. The smallest absolute Gasteiger partial charge is 0.508 e. The lowest BCUT2D eigenvalue weighted by Crippen LogP contribution is -2.22. The largest absolute Gasteiger partial charge is 0.707 e. The second-order valence-corrected chi connectivity index (χ2v) is 6.21. The minimum absolute atomic E-state index is 0.460. The molecule has 1 fully saturated rings. The molecule has 0 aliphatic heterocycles. The van der Waals surface area contributed by atoms with E-state index in [1.54, 1.807) is 0 Å². The Morgan fingerprint density at radius 2 is 1.64 bits per heavy atom. The SMILES string of the molecule is CCCC1CCC(Cc2cc(F)c(OB(O)O)c(F)c2)CC1. The van der Waals surface area contributed by atoms with Crippen LogP contribution in [0.4, 0.5) is 8.78 Å². The first-order chi connectivity index (χ1) is 10.5. The molecule has 0 radical (unpaired) electrons. The molecular formula is C16H23BF2O3. The third-order valence-electron chi connectivity index (χ3n) is 4.47. The zero-order valence-corrected chi connectivity index (χ0v) is 12.9. The summed E-state index contributed by atoms with van der Waals surface area (Å²) in [6.07, 6.45) is 7.72. The summed E-state index contributed by atoms with van der Waals surface area (Å²) in [6.45, 7) is 2.20. The molecule has 0 amide bonds. The molecule has 1 aliphatic rings. The van der Waals surface area contributed by atoms with E-state index in [9.17, 15) is 8.78 Å². The van der Waals surface area contributed by atoms with Crippen LogP contribution in [0.5, 0.6) is 5.75 Å². The predicted molar refractivity (Wildman–Crippen MR) is 81.2 cm³/mol. The van der Waals surface area contributed by atoms with Crippen LogP contribution in [-0.2, 0) is 6.42 Å². The lowest BCUT2D eigenvalue weighted by molar-refractivity contribution is 0.260. The van der Waals surface area contributed by atoms with Crippen LogP contribution >= 0.6 is 0 Å². The van der Waals surface area contributed by atoms with Gasteiger partial charge in [-0.1, -0.05) is 32.6 Å². The fourth-order valence-corrected chi connectivity index (χ4v) is 3.41. The molecule has 22 heavy (non-hydrogen) atoms. The molecule has 1 aromatic rings. The van der Waals surface area contributed by atoms with Crippen molar-refractivity contribution in [2.45, 2.75) is 51.9 Å². The fraction of sp³-hybridized carbons (Fsp3) is 0.625. The molecule has 2 N–H and O–H groups in total. The van der Waals surface area contributed by atoms with Gasteiger partial charge in [0.15, 0.2) is 17.4 Å². The molecule has 2 rings (SSSR count). The Labute approximate surface area is 130 Å². The third kappa shape index (κ3) is 4.68. The topological polar surface area (TPSA) is 49.7 Å². The highest BCUT2D eigenvalue weighted by Crippen LogP contribution is 2.34. The minimum Gasteiger partial charge on any atom is -0.508 e. The monoisotopic (exact) mass is 312 g/mol. The van der Waals surface area contributed by atoms with Crippen molar-refractivity contribution in [3.63, 3.8) is 0 Å². The summed E-state index contributed by atoms with van der Waals surface area (Å²) in [4.78, 5) is 0. The Hall–Kier alpha value is -1.14. The molecule has 0 unspecified atom stereocenters. The van der Waals surface area contributed by atoms with Gasteiger partial charge in [0.25, 0.3) is 0 Å². The predicted octanol–water partition coefficient (Wildman–Crippen LogP) is 3.46. The van der Waals surface area contributed by atoms with Crippen LogP contribution in [0, 0.1) is 23.5 Å². The molecule has 1 saturated carbocycles. The standard InChI is InChI=1S/C16H23BF2O3/c1-2-3-11-4-6-12(7-5-11)8-13-9-14(18)16(15(19)10-13)22-17(20)21/h9-12,20-21H,2-8H2,1H3. The zero-order chi connectivity index (χ0) is 16.1. The highest BCUT2D eigenvalue weighted by Gasteiger charge is 2.23. The summed E-state index contributed by atoms with van der Waals surface area (Å²) in [5.74, 6) is -1.28. The Morgan fingerprint density at radius 1 is 1.09 bits per heavy atom. The van der Waals surface area contributed by atoms with Gasteiger partial charge in [-0.3, -0.25) is 0 Å². The number of rotatable bonds is 6. The van der Waals surface area contributed by atoms with E-state index in [-0.39, 0.29) is 0 Å². The summed E-state index contributed by atoms with van der Waals surface area (Å²) >= 11 is 0. The van der Waals surface area contributed by atoms with Gasteiger partial charge >= 0.3 is 7.32 Å². The number of hydrogen-bond donors (Lipinski definition) is 2. The van der Waals surface area contributed by atoms with Gasteiger partial charge in [-0.15, -0.1) is 0 Å². The quantitative estimate of drug-likeness (QED) is 0.791. The van der Waals surface area contributed by atoms with Crippen LogP contribution in [-0.4, -0.2) is 17.4 Å². The van der Waals surface area contributed by atoms with Crippen LogP contribution in [0.1, 0.15) is 51.0 Å². The van der Waals surface area contributed by atoms with Crippen molar-refractivity contribution in [3.8, 4) is 5.75 Å². The summed E-state index contributed by atoms with van der Waals surface area (Å²) in [6, 6.07) is 2.44.